The molecule has 1 aliphatic carbocycles. The maximum Gasteiger partial charge on any atom is 0.301 e. The fraction of sp³-hybridized carbons (Fsp3) is 0. The number of hydrogen-bond acceptors (Lipinski definition) is 6. The van der Waals surface area contributed by atoms with Crippen LogP contribution in [0.25, 0.3) is 11.1 Å². The Balaban J connectivity index is 1.78. The van der Waals surface area contributed by atoms with Crippen LogP contribution in [0.15, 0.2) is 71.8 Å². The van der Waals surface area contributed by atoms with Gasteiger partial charge in [-0.05, 0) is 17.2 Å². The molecule has 0 heterocycles. The highest BCUT2D eigenvalue weighted by Gasteiger charge is 2.25. The minimum absolute atomic E-state index is 0.0833. The Hall–Kier alpha value is -4.07. The van der Waals surface area contributed by atoms with Gasteiger partial charge in [-0.1, -0.05) is 48.5 Å². The molecule has 0 unspecified atom stereocenters. The lowest BCUT2D eigenvalue weighted by molar-refractivity contribution is -0.393. The number of anilines is 1. The van der Waals surface area contributed by atoms with Crippen LogP contribution >= 0.6 is 0 Å². The number of nitro benzene ring substituents is 2. The topological polar surface area (TPSA) is 111 Å². The number of hydrogen-bond donors (Lipinski definition) is 1. The molecule has 27 heavy (non-hydrogen) atoms. The van der Waals surface area contributed by atoms with Crippen molar-refractivity contribution in [3.63, 3.8) is 0 Å². The first-order valence-electron chi connectivity index (χ1n) is 8.02. The minimum Gasteiger partial charge on any atom is -0.271 e. The summed E-state index contributed by atoms with van der Waals surface area (Å²) >= 11 is 0. The lowest BCUT2D eigenvalue weighted by Crippen LogP contribution is -2.04. The molecule has 0 spiro atoms. The average Bonchev–Trinajstić information content (AvgIpc) is 3.00. The van der Waals surface area contributed by atoms with E-state index in [2.05, 4.69) is 10.5 Å². The van der Waals surface area contributed by atoms with Gasteiger partial charge in [0.15, 0.2) is 0 Å². The number of rotatable bonds is 4. The lowest BCUT2D eigenvalue weighted by atomic mass is 10.1. The van der Waals surface area contributed by atoms with Gasteiger partial charge >= 0.3 is 5.69 Å². The molecule has 0 saturated carbocycles. The smallest absolute Gasteiger partial charge is 0.271 e. The summed E-state index contributed by atoms with van der Waals surface area (Å²) in [6.07, 6.45) is 0. The quantitative estimate of drug-likeness (QED) is 0.430. The van der Waals surface area contributed by atoms with Crippen LogP contribution in [-0.4, -0.2) is 15.6 Å². The Morgan fingerprint density at radius 2 is 1.30 bits per heavy atom. The highest BCUT2D eigenvalue weighted by molar-refractivity contribution is 6.24. The number of benzene rings is 3. The largest absolute Gasteiger partial charge is 0.301 e. The first kappa shape index (κ1) is 16.4. The minimum atomic E-state index is -0.675. The van der Waals surface area contributed by atoms with Crippen molar-refractivity contribution in [1.29, 1.82) is 0 Å². The van der Waals surface area contributed by atoms with Gasteiger partial charge in [0.2, 0.25) is 0 Å². The summed E-state index contributed by atoms with van der Waals surface area (Å²) in [5, 5.41) is 26.5. The molecule has 4 rings (SSSR count). The van der Waals surface area contributed by atoms with E-state index < -0.39 is 15.5 Å². The highest BCUT2D eigenvalue weighted by Crippen LogP contribution is 2.37. The summed E-state index contributed by atoms with van der Waals surface area (Å²) in [6, 6.07) is 18.9. The van der Waals surface area contributed by atoms with Crippen molar-refractivity contribution in [2.24, 2.45) is 5.10 Å². The van der Waals surface area contributed by atoms with Crippen LogP contribution in [0.4, 0.5) is 17.1 Å². The SMILES string of the molecule is O=[N+]([O-])c1ccc(NN=C2c3ccccc3-c3ccccc32)c([N+](=O)[O-])c1. The van der Waals surface area contributed by atoms with Crippen molar-refractivity contribution >= 4 is 22.8 Å². The first-order chi connectivity index (χ1) is 13.1. The third-order valence-electron chi connectivity index (χ3n) is 4.33. The molecule has 1 aliphatic rings. The Labute approximate surface area is 153 Å². The van der Waals surface area contributed by atoms with E-state index in [1.807, 2.05) is 48.5 Å². The number of non-ortho nitro benzene ring substituents is 1. The van der Waals surface area contributed by atoms with Crippen LogP contribution in [0, 0.1) is 20.2 Å². The summed E-state index contributed by atoms with van der Waals surface area (Å²) in [6.45, 7) is 0. The number of nitrogens with one attached hydrogen (secondary N) is 1. The van der Waals surface area contributed by atoms with Crippen LogP contribution in [0.1, 0.15) is 11.1 Å². The van der Waals surface area contributed by atoms with Crippen molar-refractivity contribution in [3.05, 3.63) is 98.1 Å². The Bertz CT molecular complexity index is 1080. The maximum absolute atomic E-state index is 11.3. The summed E-state index contributed by atoms with van der Waals surface area (Å²) < 4.78 is 0. The summed E-state index contributed by atoms with van der Waals surface area (Å²) in [4.78, 5) is 20.8. The zero-order valence-electron chi connectivity index (χ0n) is 13.8. The van der Waals surface area contributed by atoms with E-state index in [0.717, 1.165) is 28.3 Å². The van der Waals surface area contributed by atoms with E-state index in [1.54, 1.807) is 0 Å². The van der Waals surface area contributed by atoms with Gasteiger partial charge in [-0.2, -0.15) is 5.10 Å². The Morgan fingerprint density at radius 3 is 1.81 bits per heavy atom. The van der Waals surface area contributed by atoms with Crippen molar-refractivity contribution in [3.8, 4) is 11.1 Å². The Kier molecular flexibility index (Phi) is 3.85. The van der Waals surface area contributed by atoms with E-state index in [9.17, 15) is 20.2 Å². The highest BCUT2D eigenvalue weighted by atomic mass is 16.6. The van der Waals surface area contributed by atoms with Crippen molar-refractivity contribution in [1.82, 2.24) is 0 Å². The van der Waals surface area contributed by atoms with E-state index in [1.165, 1.54) is 12.1 Å². The van der Waals surface area contributed by atoms with Crippen LogP contribution in [-0.2, 0) is 0 Å². The molecule has 8 nitrogen and oxygen atoms in total. The van der Waals surface area contributed by atoms with Gasteiger partial charge in [-0.15, -0.1) is 0 Å². The molecule has 8 heteroatoms. The summed E-state index contributed by atoms with van der Waals surface area (Å²) in [7, 11) is 0. The van der Waals surface area contributed by atoms with Gasteiger partial charge in [0.25, 0.3) is 5.69 Å². The predicted octanol–water partition coefficient (Wildman–Crippen LogP) is 4.35. The molecule has 0 bridgehead atoms. The molecule has 0 fully saturated rings. The number of hydrazone groups is 1. The Morgan fingerprint density at radius 1 is 0.741 bits per heavy atom. The molecule has 0 aromatic heterocycles. The summed E-state index contributed by atoms with van der Waals surface area (Å²) in [5.74, 6) is 0. The van der Waals surface area contributed by atoms with Crippen LogP contribution in [0.5, 0.6) is 0 Å². The van der Waals surface area contributed by atoms with Crippen LogP contribution in [0.2, 0.25) is 0 Å². The third kappa shape index (κ3) is 2.78. The van der Waals surface area contributed by atoms with Gasteiger partial charge in [0.1, 0.15) is 5.69 Å². The number of fused-ring (bicyclic) bond motifs is 3. The molecule has 132 valence electrons. The maximum atomic E-state index is 11.3. The molecule has 0 atom stereocenters. The van der Waals surface area contributed by atoms with Crippen LogP contribution < -0.4 is 5.43 Å². The van der Waals surface area contributed by atoms with E-state index in [-0.39, 0.29) is 11.4 Å². The molecule has 0 amide bonds. The average molecular weight is 360 g/mol. The molecule has 0 aliphatic heterocycles. The number of nitrogens with zero attached hydrogens (tertiary/aromatic N) is 3. The number of nitro groups is 2. The van der Waals surface area contributed by atoms with Crippen molar-refractivity contribution in [2.45, 2.75) is 0 Å². The fourth-order valence-corrected chi connectivity index (χ4v) is 3.11. The molecule has 0 saturated heterocycles. The van der Waals surface area contributed by atoms with E-state index in [4.69, 9.17) is 0 Å². The standard InChI is InChI=1S/C19H12N4O4/c24-22(25)12-9-10-17(18(11-12)23(26)27)20-21-19-15-7-3-1-5-13(15)14-6-2-4-8-16(14)19/h1-11,20H. The van der Waals surface area contributed by atoms with Gasteiger partial charge in [0.05, 0.1) is 21.6 Å². The molecule has 1 N–H and O–H groups in total. The molecular weight excluding hydrogens is 348 g/mol. The first-order valence-corrected chi connectivity index (χ1v) is 8.02. The molecule has 3 aromatic carbocycles. The second-order valence-electron chi connectivity index (χ2n) is 5.88. The monoisotopic (exact) mass is 360 g/mol. The van der Waals surface area contributed by atoms with E-state index >= 15 is 0 Å². The van der Waals surface area contributed by atoms with Crippen molar-refractivity contribution in [2.75, 3.05) is 5.43 Å². The van der Waals surface area contributed by atoms with Crippen LogP contribution in [0.3, 0.4) is 0 Å². The molecule has 0 radical (unpaired) electrons. The zero-order chi connectivity index (χ0) is 19.0. The second-order valence-corrected chi connectivity index (χ2v) is 5.88. The summed E-state index contributed by atoms with van der Waals surface area (Å²) in [5.41, 5.74) is 6.59. The molecular formula is C19H12N4O4. The van der Waals surface area contributed by atoms with Gasteiger partial charge in [-0.25, -0.2) is 0 Å². The van der Waals surface area contributed by atoms with Gasteiger partial charge in [-0.3, -0.25) is 25.7 Å². The molecule has 3 aromatic rings. The third-order valence-corrected chi connectivity index (χ3v) is 4.33. The van der Waals surface area contributed by atoms with Gasteiger partial charge in [0, 0.05) is 17.2 Å². The predicted molar refractivity (Wildman–Crippen MR) is 101 cm³/mol. The van der Waals surface area contributed by atoms with Crippen molar-refractivity contribution < 1.29 is 9.85 Å². The lowest BCUT2D eigenvalue weighted by Gasteiger charge is -2.05. The normalized spacial score (nSPS) is 11.5. The second kappa shape index (κ2) is 6.34. The van der Waals surface area contributed by atoms with E-state index in [0.29, 0.717) is 5.71 Å². The zero-order valence-corrected chi connectivity index (χ0v) is 13.8. The van der Waals surface area contributed by atoms with Gasteiger partial charge < -0.3 is 0 Å². The fourth-order valence-electron chi connectivity index (χ4n) is 3.11.